The van der Waals surface area contributed by atoms with Gasteiger partial charge in [-0.1, -0.05) is 0 Å². The van der Waals surface area contributed by atoms with E-state index in [0.29, 0.717) is 12.1 Å². The van der Waals surface area contributed by atoms with Gasteiger partial charge in [0.05, 0.1) is 7.11 Å². The summed E-state index contributed by atoms with van der Waals surface area (Å²) in [5.74, 6) is 0.767. The Labute approximate surface area is 137 Å². The number of likely N-dealkylation sites (N-methyl/N-ethyl adjacent to an activating group) is 1. The quantitative estimate of drug-likeness (QED) is 0.825. The molecule has 0 radical (unpaired) electrons. The first-order chi connectivity index (χ1) is 11.1. The van der Waals surface area contributed by atoms with Crippen molar-refractivity contribution in [2.24, 2.45) is 0 Å². The first kappa shape index (κ1) is 16.8. The van der Waals surface area contributed by atoms with E-state index in [0.717, 1.165) is 23.7 Å². The number of hydrogen-bond donors (Lipinski definition) is 2. The lowest BCUT2D eigenvalue weighted by molar-refractivity contribution is 0.0951. The zero-order chi connectivity index (χ0) is 16.7. The lowest BCUT2D eigenvalue weighted by Gasteiger charge is -2.11. The van der Waals surface area contributed by atoms with E-state index >= 15 is 0 Å². The number of nitrogens with one attached hydrogen (secondary N) is 2. The zero-order valence-electron chi connectivity index (χ0n) is 13.8. The van der Waals surface area contributed by atoms with Crippen molar-refractivity contribution < 1.29 is 9.53 Å². The standard InChI is InChI=1S/C18H23N3O2/c1-21(2)13-12-19-18(22)14-4-6-15(7-5-14)20-16-8-10-17(23-3)11-9-16/h4-11,20H,12-13H2,1-3H3,(H,19,22). The number of carbonyl (C=O) groups excluding carboxylic acids is 1. The van der Waals surface area contributed by atoms with E-state index in [1.165, 1.54) is 0 Å². The molecule has 0 aliphatic rings. The van der Waals surface area contributed by atoms with Crippen molar-refractivity contribution in [1.82, 2.24) is 10.2 Å². The molecule has 0 saturated heterocycles. The highest BCUT2D eigenvalue weighted by molar-refractivity contribution is 5.94. The molecule has 0 saturated carbocycles. The minimum atomic E-state index is -0.0529. The van der Waals surface area contributed by atoms with E-state index < -0.39 is 0 Å². The van der Waals surface area contributed by atoms with Gasteiger partial charge >= 0.3 is 0 Å². The molecule has 2 rings (SSSR count). The van der Waals surface area contributed by atoms with Gasteiger partial charge in [-0.3, -0.25) is 4.79 Å². The summed E-state index contributed by atoms with van der Waals surface area (Å²) >= 11 is 0. The van der Waals surface area contributed by atoms with Crippen LogP contribution in [0.2, 0.25) is 0 Å². The molecule has 0 fully saturated rings. The molecule has 0 spiro atoms. The van der Waals surface area contributed by atoms with Crippen molar-refractivity contribution in [3.05, 3.63) is 54.1 Å². The van der Waals surface area contributed by atoms with Gasteiger partial charge in [0.1, 0.15) is 5.75 Å². The largest absolute Gasteiger partial charge is 0.497 e. The van der Waals surface area contributed by atoms with E-state index in [4.69, 9.17) is 4.74 Å². The molecule has 0 aliphatic heterocycles. The Morgan fingerprint density at radius 3 is 2.09 bits per heavy atom. The molecule has 2 aromatic carbocycles. The van der Waals surface area contributed by atoms with Crippen LogP contribution in [0.5, 0.6) is 5.75 Å². The van der Waals surface area contributed by atoms with Gasteiger partial charge in [-0.05, 0) is 62.6 Å². The van der Waals surface area contributed by atoms with Gasteiger partial charge in [0, 0.05) is 30.0 Å². The van der Waals surface area contributed by atoms with Crippen molar-refractivity contribution in [1.29, 1.82) is 0 Å². The van der Waals surface area contributed by atoms with Crippen molar-refractivity contribution in [3.8, 4) is 5.75 Å². The highest BCUT2D eigenvalue weighted by Crippen LogP contribution is 2.20. The number of anilines is 2. The maximum atomic E-state index is 12.0. The van der Waals surface area contributed by atoms with Crippen LogP contribution in [0.4, 0.5) is 11.4 Å². The summed E-state index contributed by atoms with van der Waals surface area (Å²) in [7, 11) is 5.60. The maximum Gasteiger partial charge on any atom is 0.251 e. The Balaban J connectivity index is 1.91. The van der Waals surface area contributed by atoms with Crippen LogP contribution in [0, 0.1) is 0 Å². The average molecular weight is 313 g/mol. The van der Waals surface area contributed by atoms with Crippen LogP contribution >= 0.6 is 0 Å². The van der Waals surface area contributed by atoms with E-state index in [-0.39, 0.29) is 5.91 Å². The van der Waals surface area contributed by atoms with Crippen LogP contribution in [0.3, 0.4) is 0 Å². The first-order valence-electron chi connectivity index (χ1n) is 7.52. The summed E-state index contributed by atoms with van der Waals surface area (Å²) in [6.45, 7) is 1.46. The predicted octanol–water partition coefficient (Wildman–Crippen LogP) is 2.73. The Kier molecular flexibility index (Phi) is 6.00. The van der Waals surface area contributed by atoms with Crippen molar-refractivity contribution in [3.63, 3.8) is 0 Å². The summed E-state index contributed by atoms with van der Waals surface area (Å²) in [4.78, 5) is 14.0. The number of rotatable bonds is 7. The lowest BCUT2D eigenvalue weighted by atomic mass is 10.2. The highest BCUT2D eigenvalue weighted by atomic mass is 16.5. The van der Waals surface area contributed by atoms with Crippen LogP contribution in [-0.2, 0) is 0 Å². The van der Waals surface area contributed by atoms with E-state index in [9.17, 15) is 4.79 Å². The van der Waals surface area contributed by atoms with Gasteiger partial charge in [0.2, 0.25) is 0 Å². The number of nitrogens with zero attached hydrogens (tertiary/aromatic N) is 1. The number of hydrogen-bond acceptors (Lipinski definition) is 4. The van der Waals surface area contributed by atoms with Gasteiger partial charge in [0.25, 0.3) is 5.91 Å². The molecule has 2 N–H and O–H groups in total. The summed E-state index contributed by atoms with van der Waals surface area (Å²) in [5, 5.41) is 6.18. The SMILES string of the molecule is COc1ccc(Nc2ccc(C(=O)NCCN(C)C)cc2)cc1. The molecular formula is C18H23N3O2. The number of methoxy groups -OCH3 is 1. The molecule has 5 nitrogen and oxygen atoms in total. The molecule has 1 amide bonds. The molecular weight excluding hydrogens is 290 g/mol. The third-order valence-corrected chi connectivity index (χ3v) is 3.37. The smallest absolute Gasteiger partial charge is 0.251 e. The number of benzene rings is 2. The topological polar surface area (TPSA) is 53.6 Å². The molecule has 0 aromatic heterocycles. The Hall–Kier alpha value is -2.53. The molecule has 0 bridgehead atoms. The normalized spacial score (nSPS) is 10.4. The molecule has 0 atom stereocenters. The van der Waals surface area contributed by atoms with Gasteiger partial charge in [-0.15, -0.1) is 0 Å². The monoisotopic (exact) mass is 313 g/mol. The summed E-state index contributed by atoms with van der Waals surface area (Å²) in [6.07, 6.45) is 0. The molecule has 0 unspecified atom stereocenters. The van der Waals surface area contributed by atoms with Crippen LogP contribution < -0.4 is 15.4 Å². The molecule has 0 aliphatic carbocycles. The van der Waals surface area contributed by atoms with Crippen LogP contribution in [0.25, 0.3) is 0 Å². The van der Waals surface area contributed by atoms with E-state index in [2.05, 4.69) is 10.6 Å². The Morgan fingerprint density at radius 1 is 1.00 bits per heavy atom. The summed E-state index contributed by atoms with van der Waals surface area (Å²) < 4.78 is 5.13. The van der Waals surface area contributed by atoms with Crippen LogP contribution in [0.1, 0.15) is 10.4 Å². The van der Waals surface area contributed by atoms with Gasteiger partial charge < -0.3 is 20.3 Å². The van der Waals surface area contributed by atoms with Gasteiger partial charge in [-0.25, -0.2) is 0 Å². The fourth-order valence-corrected chi connectivity index (χ4v) is 2.04. The second kappa shape index (κ2) is 8.19. The predicted molar refractivity (Wildman–Crippen MR) is 93.6 cm³/mol. The lowest BCUT2D eigenvalue weighted by Crippen LogP contribution is -2.31. The van der Waals surface area contributed by atoms with Crippen LogP contribution in [0.15, 0.2) is 48.5 Å². The first-order valence-corrected chi connectivity index (χ1v) is 7.52. The molecule has 122 valence electrons. The van der Waals surface area contributed by atoms with E-state index in [1.54, 1.807) is 7.11 Å². The number of carbonyl (C=O) groups is 1. The van der Waals surface area contributed by atoms with Crippen molar-refractivity contribution in [2.75, 3.05) is 39.6 Å². The average Bonchev–Trinajstić information content (AvgIpc) is 2.56. The zero-order valence-corrected chi connectivity index (χ0v) is 13.8. The third kappa shape index (κ3) is 5.30. The molecule has 0 heterocycles. The second-order valence-electron chi connectivity index (χ2n) is 5.49. The minimum Gasteiger partial charge on any atom is -0.497 e. The second-order valence-corrected chi connectivity index (χ2v) is 5.49. The van der Waals surface area contributed by atoms with Crippen LogP contribution in [-0.4, -0.2) is 45.1 Å². The molecule has 23 heavy (non-hydrogen) atoms. The fourth-order valence-electron chi connectivity index (χ4n) is 2.04. The molecule has 2 aromatic rings. The van der Waals surface area contributed by atoms with Gasteiger partial charge in [0.15, 0.2) is 0 Å². The minimum absolute atomic E-state index is 0.0529. The third-order valence-electron chi connectivity index (χ3n) is 3.37. The van der Waals surface area contributed by atoms with E-state index in [1.807, 2.05) is 67.5 Å². The number of amides is 1. The highest BCUT2D eigenvalue weighted by Gasteiger charge is 2.05. The summed E-state index contributed by atoms with van der Waals surface area (Å²) in [5.41, 5.74) is 2.55. The fraction of sp³-hybridized carbons (Fsp3) is 0.278. The Bertz CT molecular complexity index is 622. The maximum absolute atomic E-state index is 12.0. The number of ether oxygens (including phenoxy) is 1. The van der Waals surface area contributed by atoms with Crippen molar-refractivity contribution >= 4 is 17.3 Å². The van der Waals surface area contributed by atoms with Crippen molar-refractivity contribution in [2.45, 2.75) is 0 Å². The molecule has 5 heteroatoms. The summed E-state index contributed by atoms with van der Waals surface area (Å²) in [6, 6.07) is 15.1. The Morgan fingerprint density at radius 2 is 1.57 bits per heavy atom. The van der Waals surface area contributed by atoms with Gasteiger partial charge in [-0.2, -0.15) is 0 Å².